The first-order valence-electron chi connectivity index (χ1n) is 7.17. The number of carbonyl (C=O) groups is 1. The van der Waals surface area contributed by atoms with Crippen LogP contribution >= 0.6 is 0 Å². The minimum Gasteiger partial charge on any atom is -0.326 e. The molecular weight excluding hydrogens is 312 g/mol. The van der Waals surface area contributed by atoms with Crippen molar-refractivity contribution in [1.82, 2.24) is 0 Å². The third kappa shape index (κ3) is 4.18. The van der Waals surface area contributed by atoms with Crippen LogP contribution in [0.5, 0.6) is 0 Å². The highest BCUT2D eigenvalue weighted by Crippen LogP contribution is 2.24. The summed E-state index contributed by atoms with van der Waals surface area (Å²) in [6.45, 7) is 5.55. The summed E-state index contributed by atoms with van der Waals surface area (Å²) in [5.41, 5.74) is 4.00. The van der Waals surface area contributed by atoms with Gasteiger partial charge in [-0.2, -0.15) is 0 Å². The van der Waals surface area contributed by atoms with Crippen molar-refractivity contribution in [2.24, 2.45) is 5.14 Å². The summed E-state index contributed by atoms with van der Waals surface area (Å²) in [5.74, 6) is -0.201. The van der Waals surface area contributed by atoms with Gasteiger partial charge in [0.15, 0.2) is 0 Å². The zero-order valence-corrected chi connectivity index (χ0v) is 14.2. The number of sulfonamides is 1. The second-order valence-electron chi connectivity index (χ2n) is 5.61. The van der Waals surface area contributed by atoms with Crippen LogP contribution in [0.1, 0.15) is 22.3 Å². The monoisotopic (exact) mass is 332 g/mol. The van der Waals surface area contributed by atoms with Gasteiger partial charge < -0.3 is 5.32 Å². The topological polar surface area (TPSA) is 89.3 Å². The zero-order chi connectivity index (χ0) is 17.2. The van der Waals surface area contributed by atoms with E-state index in [-0.39, 0.29) is 17.2 Å². The van der Waals surface area contributed by atoms with Crippen LogP contribution in [0.3, 0.4) is 0 Å². The predicted octanol–water partition coefficient (Wildman–Crippen LogP) is 2.44. The molecule has 0 unspecified atom stereocenters. The predicted molar refractivity (Wildman–Crippen MR) is 90.8 cm³/mol. The molecule has 5 nitrogen and oxygen atoms in total. The van der Waals surface area contributed by atoms with Crippen molar-refractivity contribution in [2.45, 2.75) is 32.1 Å². The van der Waals surface area contributed by atoms with E-state index in [1.165, 1.54) is 12.1 Å². The molecule has 2 aromatic rings. The lowest BCUT2D eigenvalue weighted by atomic mass is 10.0. The van der Waals surface area contributed by atoms with Crippen molar-refractivity contribution in [3.8, 4) is 0 Å². The molecule has 23 heavy (non-hydrogen) atoms. The molecule has 0 atom stereocenters. The van der Waals surface area contributed by atoms with Gasteiger partial charge in [-0.3, -0.25) is 4.79 Å². The smallest absolute Gasteiger partial charge is 0.238 e. The maximum Gasteiger partial charge on any atom is 0.238 e. The Morgan fingerprint density at radius 2 is 1.74 bits per heavy atom. The largest absolute Gasteiger partial charge is 0.326 e. The highest BCUT2D eigenvalue weighted by Gasteiger charge is 2.14. The minimum absolute atomic E-state index is 0.00760. The molecule has 1 amide bonds. The Labute approximate surface area is 136 Å². The van der Waals surface area contributed by atoms with Crippen LogP contribution in [0.15, 0.2) is 41.3 Å². The van der Waals surface area contributed by atoms with E-state index in [4.69, 9.17) is 5.14 Å². The molecule has 0 aliphatic heterocycles. The maximum absolute atomic E-state index is 12.3. The van der Waals surface area contributed by atoms with Crippen molar-refractivity contribution >= 4 is 21.6 Å². The van der Waals surface area contributed by atoms with Crippen LogP contribution in [0.2, 0.25) is 0 Å². The summed E-state index contributed by atoms with van der Waals surface area (Å²) >= 11 is 0. The van der Waals surface area contributed by atoms with E-state index < -0.39 is 10.0 Å². The Bertz CT molecular complexity index is 858. The molecule has 0 aromatic heterocycles. The summed E-state index contributed by atoms with van der Waals surface area (Å²) in [6.07, 6.45) is 0.227. The van der Waals surface area contributed by atoms with Gasteiger partial charge in [-0.1, -0.05) is 24.3 Å². The van der Waals surface area contributed by atoms with E-state index in [2.05, 4.69) is 5.32 Å². The second-order valence-corrected chi connectivity index (χ2v) is 7.17. The molecule has 6 heteroatoms. The molecule has 0 aliphatic carbocycles. The van der Waals surface area contributed by atoms with Crippen molar-refractivity contribution in [1.29, 1.82) is 0 Å². The number of nitrogens with two attached hydrogens (primary N) is 1. The molecule has 0 heterocycles. The van der Waals surface area contributed by atoms with E-state index in [1.54, 1.807) is 6.92 Å². The van der Waals surface area contributed by atoms with Crippen LogP contribution in [0.25, 0.3) is 0 Å². The van der Waals surface area contributed by atoms with Gasteiger partial charge in [-0.15, -0.1) is 0 Å². The fraction of sp³-hybridized carbons (Fsp3) is 0.235. The lowest BCUT2D eigenvalue weighted by Crippen LogP contribution is -2.18. The van der Waals surface area contributed by atoms with Gasteiger partial charge in [0.1, 0.15) is 0 Å². The molecule has 0 saturated carbocycles. The van der Waals surface area contributed by atoms with E-state index in [1.807, 2.05) is 38.1 Å². The molecule has 2 rings (SSSR count). The van der Waals surface area contributed by atoms with Crippen molar-refractivity contribution < 1.29 is 13.2 Å². The summed E-state index contributed by atoms with van der Waals surface area (Å²) in [5, 5.41) is 7.96. The van der Waals surface area contributed by atoms with Gasteiger partial charge >= 0.3 is 0 Å². The Hall–Kier alpha value is -2.18. The number of hydrogen-bond donors (Lipinski definition) is 2. The van der Waals surface area contributed by atoms with Crippen LogP contribution < -0.4 is 10.5 Å². The lowest BCUT2D eigenvalue weighted by Gasteiger charge is -2.13. The number of amides is 1. The highest BCUT2D eigenvalue weighted by atomic mass is 32.2. The SMILES string of the molecule is Cc1ccccc1CC(=O)Nc1cc(S(N)(=O)=O)cc(C)c1C. The maximum atomic E-state index is 12.3. The van der Waals surface area contributed by atoms with Crippen molar-refractivity contribution in [2.75, 3.05) is 5.32 Å². The Balaban J connectivity index is 2.28. The normalized spacial score (nSPS) is 11.3. The van der Waals surface area contributed by atoms with Crippen LogP contribution in [0.4, 0.5) is 5.69 Å². The van der Waals surface area contributed by atoms with E-state index >= 15 is 0 Å². The van der Waals surface area contributed by atoms with Gasteiger partial charge in [-0.25, -0.2) is 13.6 Å². The number of carbonyl (C=O) groups excluding carboxylic acids is 1. The first kappa shape index (κ1) is 17.2. The Kier molecular flexibility index (Phi) is 4.87. The summed E-state index contributed by atoms with van der Waals surface area (Å²) in [7, 11) is -3.82. The van der Waals surface area contributed by atoms with Gasteiger partial charge in [-0.05, 0) is 55.2 Å². The lowest BCUT2D eigenvalue weighted by molar-refractivity contribution is -0.115. The molecule has 0 bridgehead atoms. The third-order valence-electron chi connectivity index (χ3n) is 3.86. The number of aryl methyl sites for hydroxylation is 2. The molecule has 0 radical (unpaired) electrons. The van der Waals surface area contributed by atoms with Crippen LogP contribution in [0, 0.1) is 20.8 Å². The number of hydrogen-bond acceptors (Lipinski definition) is 3. The Morgan fingerprint density at radius 1 is 1.09 bits per heavy atom. The van der Waals surface area contributed by atoms with Crippen molar-refractivity contribution in [3.63, 3.8) is 0 Å². The molecule has 0 aliphatic rings. The molecular formula is C17H20N2O3S. The summed E-state index contributed by atoms with van der Waals surface area (Å²) in [6, 6.07) is 10.5. The average molecular weight is 332 g/mol. The minimum atomic E-state index is -3.82. The molecule has 0 spiro atoms. The number of anilines is 1. The van der Waals surface area contributed by atoms with Crippen molar-refractivity contribution in [3.05, 3.63) is 58.7 Å². The quantitative estimate of drug-likeness (QED) is 0.901. The van der Waals surface area contributed by atoms with Gasteiger partial charge in [0.2, 0.25) is 15.9 Å². The van der Waals surface area contributed by atoms with E-state index in [9.17, 15) is 13.2 Å². The molecule has 122 valence electrons. The second kappa shape index (κ2) is 6.52. The Morgan fingerprint density at radius 3 is 2.35 bits per heavy atom. The number of benzene rings is 2. The standard InChI is InChI=1S/C17H20N2O3S/c1-11-6-4-5-7-14(11)9-17(20)19-16-10-15(23(18,21)22)8-12(2)13(16)3/h4-8,10H,9H2,1-3H3,(H,19,20)(H2,18,21,22). The van der Waals surface area contributed by atoms with Gasteiger partial charge in [0.25, 0.3) is 0 Å². The highest BCUT2D eigenvalue weighted by molar-refractivity contribution is 7.89. The third-order valence-corrected chi connectivity index (χ3v) is 4.75. The van der Waals surface area contributed by atoms with E-state index in [0.717, 1.165) is 22.3 Å². The number of rotatable bonds is 4. The molecule has 3 N–H and O–H groups in total. The van der Waals surface area contributed by atoms with Gasteiger partial charge in [0.05, 0.1) is 11.3 Å². The molecule has 0 saturated heterocycles. The number of primary sulfonamides is 1. The fourth-order valence-electron chi connectivity index (χ4n) is 2.30. The summed E-state index contributed by atoms with van der Waals surface area (Å²) < 4.78 is 23.1. The fourth-order valence-corrected chi connectivity index (χ4v) is 2.92. The van der Waals surface area contributed by atoms with Gasteiger partial charge in [0, 0.05) is 5.69 Å². The molecule has 2 aromatic carbocycles. The zero-order valence-electron chi connectivity index (χ0n) is 13.4. The first-order valence-corrected chi connectivity index (χ1v) is 8.71. The van der Waals surface area contributed by atoms with Crippen LogP contribution in [-0.2, 0) is 21.2 Å². The summed E-state index contributed by atoms with van der Waals surface area (Å²) in [4.78, 5) is 12.3. The number of nitrogens with one attached hydrogen (secondary N) is 1. The van der Waals surface area contributed by atoms with E-state index in [0.29, 0.717) is 5.69 Å². The van der Waals surface area contributed by atoms with Crippen LogP contribution in [-0.4, -0.2) is 14.3 Å². The first-order chi connectivity index (χ1) is 10.7. The molecule has 0 fully saturated rings. The average Bonchev–Trinajstić information content (AvgIpc) is 2.45.